The first-order valence-electron chi connectivity index (χ1n) is 8.99. The van der Waals surface area contributed by atoms with Crippen LogP contribution in [0, 0.1) is 6.42 Å². The lowest BCUT2D eigenvalue weighted by Gasteiger charge is -2.26. The fourth-order valence-electron chi connectivity index (χ4n) is 3.48. The van der Waals surface area contributed by atoms with Gasteiger partial charge in [0.1, 0.15) is 6.04 Å². The number of piperidine rings is 1. The summed E-state index contributed by atoms with van der Waals surface area (Å²) in [5.41, 5.74) is 6.38. The molecule has 1 aromatic carbocycles. The Morgan fingerprint density at radius 2 is 1.86 bits per heavy atom. The minimum absolute atomic E-state index is 0.0570. The van der Waals surface area contributed by atoms with E-state index in [0.29, 0.717) is 18.5 Å². The van der Waals surface area contributed by atoms with E-state index in [9.17, 15) is 22.8 Å². The highest BCUT2D eigenvalue weighted by molar-refractivity contribution is 7.88. The van der Waals surface area contributed by atoms with Crippen molar-refractivity contribution in [2.45, 2.75) is 31.3 Å². The molecular formula is C18H23N4O5S. The molecule has 0 aliphatic carbocycles. The molecule has 151 valence electrons. The number of nitrogens with two attached hydrogens (primary N) is 1. The zero-order valence-corrected chi connectivity index (χ0v) is 16.3. The average molecular weight is 407 g/mol. The molecule has 9 nitrogen and oxygen atoms in total. The SMILES string of the molecule is CS(=O)(=O)N1CC(NC(=O)c2ccc(N3CCCCC3=O)cc2)[CH]C1C(N)=O. The summed E-state index contributed by atoms with van der Waals surface area (Å²) in [7, 11) is -3.64. The fourth-order valence-corrected chi connectivity index (χ4v) is 4.50. The number of nitrogens with one attached hydrogen (secondary N) is 1. The van der Waals surface area contributed by atoms with Crippen LogP contribution in [0.1, 0.15) is 29.6 Å². The standard InChI is InChI=1S/C18H23N4O5S/c1-28(26,27)22-11-13(10-15(22)17(19)24)20-18(25)12-5-7-14(8-6-12)21-9-3-2-4-16(21)23/h5-8,10,13,15H,2-4,9,11H2,1H3,(H2,19,24)(H,20,25). The third-order valence-corrected chi connectivity index (χ3v) is 6.13. The predicted molar refractivity (Wildman–Crippen MR) is 103 cm³/mol. The largest absolute Gasteiger partial charge is 0.368 e. The van der Waals surface area contributed by atoms with Gasteiger partial charge in [0, 0.05) is 43.2 Å². The van der Waals surface area contributed by atoms with E-state index in [4.69, 9.17) is 5.73 Å². The number of hydrogen-bond acceptors (Lipinski definition) is 5. The van der Waals surface area contributed by atoms with Crippen LogP contribution in [0.2, 0.25) is 0 Å². The number of carbonyl (C=O) groups excluding carboxylic acids is 3. The second-order valence-electron chi connectivity index (χ2n) is 7.00. The first-order chi connectivity index (χ1) is 13.2. The van der Waals surface area contributed by atoms with Crippen LogP contribution < -0.4 is 16.0 Å². The number of carbonyl (C=O) groups is 3. The van der Waals surface area contributed by atoms with E-state index in [1.165, 1.54) is 6.42 Å². The van der Waals surface area contributed by atoms with Crippen LogP contribution >= 0.6 is 0 Å². The van der Waals surface area contributed by atoms with Crippen molar-refractivity contribution in [1.29, 1.82) is 0 Å². The molecule has 1 radical (unpaired) electrons. The van der Waals surface area contributed by atoms with Crippen molar-refractivity contribution in [3.8, 4) is 0 Å². The Labute approximate surface area is 163 Å². The molecule has 2 heterocycles. The van der Waals surface area contributed by atoms with Crippen LogP contribution in [0.5, 0.6) is 0 Å². The van der Waals surface area contributed by atoms with Crippen LogP contribution in [0.15, 0.2) is 24.3 Å². The van der Waals surface area contributed by atoms with Gasteiger partial charge in [-0.15, -0.1) is 0 Å². The van der Waals surface area contributed by atoms with Gasteiger partial charge in [0.25, 0.3) is 5.91 Å². The molecule has 1 aromatic rings. The molecule has 2 fully saturated rings. The van der Waals surface area contributed by atoms with Gasteiger partial charge < -0.3 is 16.0 Å². The first-order valence-corrected chi connectivity index (χ1v) is 10.8. The molecule has 2 aliphatic heterocycles. The average Bonchev–Trinajstić information content (AvgIpc) is 3.07. The predicted octanol–water partition coefficient (Wildman–Crippen LogP) is -0.365. The van der Waals surface area contributed by atoms with Gasteiger partial charge in [-0.1, -0.05) is 0 Å². The molecule has 2 unspecified atom stereocenters. The van der Waals surface area contributed by atoms with E-state index >= 15 is 0 Å². The van der Waals surface area contributed by atoms with Gasteiger partial charge in [0.15, 0.2) is 0 Å². The molecule has 10 heteroatoms. The Balaban J connectivity index is 1.66. The Bertz CT molecular complexity index is 884. The van der Waals surface area contributed by atoms with Crippen LogP contribution in [-0.2, 0) is 19.6 Å². The minimum Gasteiger partial charge on any atom is -0.368 e. The third-order valence-electron chi connectivity index (χ3n) is 4.90. The smallest absolute Gasteiger partial charge is 0.251 e. The van der Waals surface area contributed by atoms with E-state index in [0.717, 1.165) is 29.1 Å². The van der Waals surface area contributed by atoms with E-state index in [-0.39, 0.29) is 12.5 Å². The number of nitrogens with zero attached hydrogens (tertiary/aromatic N) is 2. The van der Waals surface area contributed by atoms with Crippen molar-refractivity contribution in [2.24, 2.45) is 5.73 Å². The lowest BCUT2D eigenvalue weighted by molar-refractivity contribution is -0.120. The first kappa shape index (κ1) is 20.3. The molecule has 0 aromatic heterocycles. The van der Waals surface area contributed by atoms with Crippen molar-refractivity contribution in [1.82, 2.24) is 9.62 Å². The highest BCUT2D eigenvalue weighted by Crippen LogP contribution is 2.22. The summed E-state index contributed by atoms with van der Waals surface area (Å²) in [6.45, 7) is 0.607. The maximum atomic E-state index is 12.5. The Hall–Kier alpha value is -2.46. The second-order valence-corrected chi connectivity index (χ2v) is 8.94. The van der Waals surface area contributed by atoms with E-state index in [1.54, 1.807) is 29.2 Å². The number of sulfonamides is 1. The van der Waals surface area contributed by atoms with Crippen LogP contribution in [0.4, 0.5) is 5.69 Å². The topological polar surface area (TPSA) is 130 Å². The lowest BCUT2D eigenvalue weighted by atomic mass is 10.1. The van der Waals surface area contributed by atoms with E-state index in [2.05, 4.69) is 5.32 Å². The molecule has 0 spiro atoms. The molecule has 2 aliphatic rings. The maximum absolute atomic E-state index is 12.5. The Morgan fingerprint density at radius 1 is 1.18 bits per heavy atom. The quantitative estimate of drug-likeness (QED) is 0.688. The number of amides is 3. The highest BCUT2D eigenvalue weighted by atomic mass is 32.2. The molecule has 2 saturated heterocycles. The number of rotatable bonds is 5. The summed E-state index contributed by atoms with van der Waals surface area (Å²) in [5, 5.41) is 2.70. The molecule has 0 saturated carbocycles. The lowest BCUT2D eigenvalue weighted by Crippen LogP contribution is -2.43. The summed E-state index contributed by atoms with van der Waals surface area (Å²) in [5.74, 6) is -1.13. The third kappa shape index (κ3) is 4.33. The summed E-state index contributed by atoms with van der Waals surface area (Å²) in [6, 6.07) is 4.93. The van der Waals surface area contributed by atoms with Gasteiger partial charge in [0.2, 0.25) is 21.8 Å². The van der Waals surface area contributed by atoms with Crippen LogP contribution in [0.25, 0.3) is 0 Å². The summed E-state index contributed by atoms with van der Waals surface area (Å²) < 4.78 is 24.6. The van der Waals surface area contributed by atoms with Crippen LogP contribution in [-0.4, -0.2) is 61.9 Å². The van der Waals surface area contributed by atoms with E-state index < -0.39 is 33.9 Å². The van der Waals surface area contributed by atoms with Gasteiger partial charge in [-0.3, -0.25) is 14.4 Å². The van der Waals surface area contributed by atoms with Gasteiger partial charge in [-0.05, 0) is 37.1 Å². The van der Waals surface area contributed by atoms with Crippen molar-refractivity contribution in [2.75, 3.05) is 24.2 Å². The summed E-state index contributed by atoms with van der Waals surface area (Å²) >= 11 is 0. The highest BCUT2D eigenvalue weighted by Gasteiger charge is 2.41. The molecular weight excluding hydrogens is 384 g/mol. The Kier molecular flexibility index (Phi) is 5.71. The van der Waals surface area contributed by atoms with Gasteiger partial charge in [-0.2, -0.15) is 4.31 Å². The van der Waals surface area contributed by atoms with Gasteiger partial charge in [0.05, 0.1) is 6.26 Å². The number of hydrogen-bond donors (Lipinski definition) is 2. The van der Waals surface area contributed by atoms with Crippen molar-refractivity contribution < 1.29 is 22.8 Å². The second kappa shape index (κ2) is 7.88. The number of benzene rings is 1. The zero-order valence-electron chi connectivity index (χ0n) is 15.5. The molecule has 2 atom stereocenters. The summed E-state index contributed by atoms with van der Waals surface area (Å²) in [6.07, 6.45) is 4.77. The number of primary amides is 1. The molecule has 3 amide bonds. The van der Waals surface area contributed by atoms with Crippen LogP contribution in [0.3, 0.4) is 0 Å². The number of anilines is 1. The van der Waals surface area contributed by atoms with Gasteiger partial charge in [-0.25, -0.2) is 8.42 Å². The van der Waals surface area contributed by atoms with Crippen molar-refractivity contribution in [3.63, 3.8) is 0 Å². The molecule has 28 heavy (non-hydrogen) atoms. The Morgan fingerprint density at radius 3 is 2.39 bits per heavy atom. The van der Waals surface area contributed by atoms with E-state index in [1.807, 2.05) is 0 Å². The van der Waals surface area contributed by atoms with Crippen molar-refractivity contribution >= 4 is 33.4 Å². The summed E-state index contributed by atoms with van der Waals surface area (Å²) in [4.78, 5) is 37.7. The van der Waals surface area contributed by atoms with Gasteiger partial charge >= 0.3 is 0 Å². The molecule has 0 bridgehead atoms. The fraction of sp³-hybridized carbons (Fsp3) is 0.444. The molecule has 3 N–H and O–H groups in total. The normalized spacial score (nSPS) is 23.6. The van der Waals surface area contributed by atoms with Crippen molar-refractivity contribution in [3.05, 3.63) is 36.2 Å². The molecule has 3 rings (SSSR count). The minimum atomic E-state index is -3.64. The monoisotopic (exact) mass is 407 g/mol. The maximum Gasteiger partial charge on any atom is 0.251 e. The zero-order chi connectivity index (χ0) is 20.5.